The van der Waals surface area contributed by atoms with Crippen molar-refractivity contribution in [1.82, 2.24) is 24.7 Å². The summed E-state index contributed by atoms with van der Waals surface area (Å²) in [6, 6.07) is 16.1. The van der Waals surface area contributed by atoms with E-state index in [4.69, 9.17) is 15.2 Å². The molecule has 162 valence electrons. The molecule has 0 bridgehead atoms. The molecule has 0 saturated heterocycles. The zero-order valence-electron chi connectivity index (χ0n) is 18.0. The fourth-order valence-electron chi connectivity index (χ4n) is 4.14. The predicted molar refractivity (Wildman–Crippen MR) is 129 cm³/mol. The standard InChI is InChI=1S/C25H21N7O/c1-15-30-22-11-17(3-5-23(22)33-15)13-32-14-20-21(31-32)7-9-28-25(20)29-12-16-2-4-19-18(10-16)6-8-27-24(19)26/h2-11,14H,12-13H2,1H3,(H2,26,27)(H,28,29). The van der Waals surface area contributed by atoms with E-state index in [0.717, 1.165) is 49.7 Å². The molecule has 3 N–H and O–H groups in total. The van der Waals surface area contributed by atoms with Gasteiger partial charge in [0, 0.05) is 37.4 Å². The molecule has 6 rings (SSSR count). The van der Waals surface area contributed by atoms with Crippen molar-refractivity contribution in [2.75, 3.05) is 11.1 Å². The summed E-state index contributed by atoms with van der Waals surface area (Å²) in [6.45, 7) is 3.12. The summed E-state index contributed by atoms with van der Waals surface area (Å²) in [5.41, 5.74) is 10.8. The van der Waals surface area contributed by atoms with Crippen molar-refractivity contribution < 1.29 is 4.42 Å². The second kappa shape index (κ2) is 7.59. The summed E-state index contributed by atoms with van der Waals surface area (Å²) in [6.07, 6.45) is 5.53. The van der Waals surface area contributed by atoms with Gasteiger partial charge in [-0.2, -0.15) is 5.10 Å². The van der Waals surface area contributed by atoms with Gasteiger partial charge in [-0.15, -0.1) is 0 Å². The molecule has 0 atom stereocenters. The third kappa shape index (κ3) is 3.61. The lowest BCUT2D eigenvalue weighted by Gasteiger charge is -2.08. The lowest BCUT2D eigenvalue weighted by Crippen LogP contribution is -2.02. The van der Waals surface area contributed by atoms with Crippen LogP contribution in [0.3, 0.4) is 0 Å². The molecule has 0 aliphatic rings. The number of aryl methyl sites for hydroxylation is 1. The second-order valence-corrected chi connectivity index (χ2v) is 8.06. The maximum absolute atomic E-state index is 5.97. The highest BCUT2D eigenvalue weighted by Crippen LogP contribution is 2.24. The fraction of sp³-hybridized carbons (Fsp3) is 0.120. The van der Waals surface area contributed by atoms with Crippen LogP contribution in [0.2, 0.25) is 0 Å². The van der Waals surface area contributed by atoms with Crippen molar-refractivity contribution in [3.8, 4) is 0 Å². The second-order valence-electron chi connectivity index (χ2n) is 8.06. The Balaban J connectivity index is 1.25. The van der Waals surface area contributed by atoms with Gasteiger partial charge in [-0.05, 0) is 46.8 Å². The minimum absolute atomic E-state index is 0.545. The van der Waals surface area contributed by atoms with Crippen LogP contribution in [-0.4, -0.2) is 24.7 Å². The number of nitrogens with one attached hydrogen (secondary N) is 1. The van der Waals surface area contributed by atoms with E-state index < -0.39 is 0 Å². The van der Waals surface area contributed by atoms with Crippen LogP contribution in [0.1, 0.15) is 17.0 Å². The molecule has 4 aromatic heterocycles. The summed E-state index contributed by atoms with van der Waals surface area (Å²) < 4.78 is 7.50. The number of fused-ring (bicyclic) bond motifs is 3. The summed E-state index contributed by atoms with van der Waals surface area (Å²) in [5, 5.41) is 11.2. The van der Waals surface area contributed by atoms with E-state index in [0.29, 0.717) is 24.8 Å². The molecule has 0 saturated carbocycles. The van der Waals surface area contributed by atoms with Crippen LogP contribution in [-0.2, 0) is 13.1 Å². The molecule has 0 unspecified atom stereocenters. The van der Waals surface area contributed by atoms with Gasteiger partial charge >= 0.3 is 0 Å². The zero-order chi connectivity index (χ0) is 22.4. The minimum Gasteiger partial charge on any atom is -0.441 e. The van der Waals surface area contributed by atoms with Crippen LogP contribution in [0.15, 0.2) is 71.5 Å². The van der Waals surface area contributed by atoms with Gasteiger partial charge < -0.3 is 15.5 Å². The summed E-state index contributed by atoms with van der Waals surface area (Å²) >= 11 is 0. The maximum Gasteiger partial charge on any atom is 0.192 e. The molecule has 2 aromatic carbocycles. The van der Waals surface area contributed by atoms with Crippen molar-refractivity contribution in [1.29, 1.82) is 0 Å². The van der Waals surface area contributed by atoms with Gasteiger partial charge in [-0.25, -0.2) is 15.0 Å². The number of nitrogen functional groups attached to an aromatic ring is 1. The van der Waals surface area contributed by atoms with E-state index >= 15 is 0 Å². The van der Waals surface area contributed by atoms with E-state index in [9.17, 15) is 0 Å². The number of aromatic nitrogens is 5. The number of hydrogen-bond acceptors (Lipinski definition) is 7. The first kappa shape index (κ1) is 19.2. The largest absolute Gasteiger partial charge is 0.441 e. The first-order valence-electron chi connectivity index (χ1n) is 10.7. The molecular formula is C25H21N7O. The number of anilines is 2. The van der Waals surface area contributed by atoms with Gasteiger partial charge in [0.05, 0.1) is 17.4 Å². The molecule has 8 nitrogen and oxygen atoms in total. The van der Waals surface area contributed by atoms with E-state index in [2.05, 4.69) is 32.4 Å². The lowest BCUT2D eigenvalue weighted by atomic mass is 10.1. The summed E-state index contributed by atoms with van der Waals surface area (Å²) in [5.74, 6) is 2.01. The molecule has 8 heteroatoms. The Kier molecular flexibility index (Phi) is 4.43. The van der Waals surface area contributed by atoms with Crippen LogP contribution < -0.4 is 11.1 Å². The fourth-order valence-corrected chi connectivity index (χ4v) is 4.14. The SMILES string of the molecule is Cc1nc2cc(Cn3cc4c(NCc5ccc6c(N)nccc6c5)nccc4n3)ccc2o1. The molecule has 6 aromatic rings. The number of rotatable bonds is 5. The Morgan fingerprint density at radius 3 is 2.76 bits per heavy atom. The van der Waals surface area contributed by atoms with Crippen LogP contribution in [0.4, 0.5) is 11.6 Å². The molecule has 0 radical (unpaired) electrons. The number of benzene rings is 2. The highest BCUT2D eigenvalue weighted by molar-refractivity contribution is 5.91. The van der Waals surface area contributed by atoms with Gasteiger partial charge in [0.25, 0.3) is 0 Å². The molecule has 0 fully saturated rings. The van der Waals surface area contributed by atoms with Crippen molar-refractivity contribution >= 4 is 44.4 Å². The first-order chi connectivity index (χ1) is 16.1. The van der Waals surface area contributed by atoms with Crippen molar-refractivity contribution in [3.05, 3.63) is 84.1 Å². The summed E-state index contributed by atoms with van der Waals surface area (Å²) in [4.78, 5) is 13.1. The van der Waals surface area contributed by atoms with Gasteiger partial charge in [0.1, 0.15) is 17.2 Å². The molecule has 0 amide bonds. The highest BCUT2D eigenvalue weighted by Gasteiger charge is 2.09. The van der Waals surface area contributed by atoms with E-state index in [1.54, 1.807) is 12.4 Å². The van der Waals surface area contributed by atoms with Gasteiger partial charge in [-0.3, -0.25) is 4.68 Å². The van der Waals surface area contributed by atoms with Crippen LogP contribution in [0.5, 0.6) is 0 Å². The third-order valence-electron chi connectivity index (χ3n) is 5.70. The van der Waals surface area contributed by atoms with Gasteiger partial charge in [0.2, 0.25) is 0 Å². The van der Waals surface area contributed by atoms with Gasteiger partial charge in [-0.1, -0.05) is 18.2 Å². The van der Waals surface area contributed by atoms with Crippen LogP contribution in [0, 0.1) is 6.92 Å². The molecular weight excluding hydrogens is 414 g/mol. The molecule has 0 aliphatic heterocycles. The normalized spacial score (nSPS) is 11.5. The monoisotopic (exact) mass is 435 g/mol. The quantitative estimate of drug-likeness (QED) is 0.405. The number of hydrogen-bond donors (Lipinski definition) is 2. The topological polar surface area (TPSA) is 108 Å². The average molecular weight is 435 g/mol. The third-order valence-corrected chi connectivity index (χ3v) is 5.70. The molecule has 0 aliphatic carbocycles. The van der Waals surface area contributed by atoms with Crippen LogP contribution in [0.25, 0.3) is 32.8 Å². The van der Waals surface area contributed by atoms with E-state index in [1.165, 1.54) is 0 Å². The highest BCUT2D eigenvalue weighted by atomic mass is 16.3. The Bertz CT molecular complexity index is 1630. The van der Waals surface area contributed by atoms with Crippen molar-refractivity contribution in [3.63, 3.8) is 0 Å². The Morgan fingerprint density at radius 2 is 1.82 bits per heavy atom. The maximum atomic E-state index is 5.97. The Hall–Kier alpha value is -4.46. The molecule has 0 spiro atoms. The Labute approximate surface area is 189 Å². The predicted octanol–water partition coefficient (Wildman–Crippen LogP) is 4.67. The number of nitrogens with two attached hydrogens (primary N) is 1. The number of oxazole rings is 1. The van der Waals surface area contributed by atoms with Crippen molar-refractivity contribution in [2.24, 2.45) is 0 Å². The molecule has 4 heterocycles. The minimum atomic E-state index is 0.545. The van der Waals surface area contributed by atoms with Crippen LogP contribution >= 0.6 is 0 Å². The van der Waals surface area contributed by atoms with E-state index in [1.807, 2.05) is 54.2 Å². The Morgan fingerprint density at radius 1 is 0.939 bits per heavy atom. The first-order valence-corrected chi connectivity index (χ1v) is 10.7. The zero-order valence-corrected chi connectivity index (χ0v) is 18.0. The summed E-state index contributed by atoms with van der Waals surface area (Å²) in [7, 11) is 0. The lowest BCUT2D eigenvalue weighted by molar-refractivity contribution is 0.561. The van der Waals surface area contributed by atoms with Crippen molar-refractivity contribution in [2.45, 2.75) is 20.0 Å². The van der Waals surface area contributed by atoms with Gasteiger partial charge in [0.15, 0.2) is 11.5 Å². The number of pyridine rings is 2. The molecule has 33 heavy (non-hydrogen) atoms. The smallest absolute Gasteiger partial charge is 0.192 e. The van der Waals surface area contributed by atoms with E-state index in [-0.39, 0.29) is 0 Å². The average Bonchev–Trinajstić information content (AvgIpc) is 3.39. The number of nitrogens with zero attached hydrogens (tertiary/aromatic N) is 5.